The third kappa shape index (κ3) is 4.21. The van der Waals surface area contributed by atoms with E-state index < -0.39 is 10.0 Å². The van der Waals surface area contributed by atoms with Crippen LogP contribution in [0.3, 0.4) is 0 Å². The van der Waals surface area contributed by atoms with Crippen LogP contribution in [-0.2, 0) is 10.0 Å². The van der Waals surface area contributed by atoms with Crippen LogP contribution < -0.4 is 10.0 Å². The summed E-state index contributed by atoms with van der Waals surface area (Å²) >= 11 is 3.26. The number of benzene rings is 1. The largest absolute Gasteiger partial charge is 0.316 e. The van der Waals surface area contributed by atoms with E-state index in [2.05, 4.69) is 26.0 Å². The van der Waals surface area contributed by atoms with E-state index in [1.807, 2.05) is 6.92 Å². The molecule has 0 spiro atoms. The number of halogens is 1. The molecule has 16 heavy (non-hydrogen) atoms. The summed E-state index contributed by atoms with van der Waals surface area (Å²) in [6, 6.07) is 6.55. The summed E-state index contributed by atoms with van der Waals surface area (Å²) < 4.78 is 26.9. The molecule has 0 saturated heterocycles. The summed E-state index contributed by atoms with van der Waals surface area (Å²) in [4.78, 5) is 0.284. The summed E-state index contributed by atoms with van der Waals surface area (Å²) in [7, 11) is -3.37. The molecule has 0 amide bonds. The van der Waals surface area contributed by atoms with E-state index in [-0.39, 0.29) is 4.90 Å². The van der Waals surface area contributed by atoms with Crippen molar-refractivity contribution in [3.63, 3.8) is 0 Å². The molecule has 90 valence electrons. The first-order valence-corrected chi connectivity index (χ1v) is 7.30. The number of rotatable bonds is 6. The van der Waals surface area contributed by atoms with Crippen LogP contribution in [0.5, 0.6) is 0 Å². The van der Waals surface area contributed by atoms with Gasteiger partial charge in [-0.15, -0.1) is 0 Å². The van der Waals surface area contributed by atoms with Crippen LogP contribution in [0.4, 0.5) is 0 Å². The van der Waals surface area contributed by atoms with Gasteiger partial charge in [0.2, 0.25) is 10.0 Å². The minimum absolute atomic E-state index is 0.284. The van der Waals surface area contributed by atoms with Crippen molar-refractivity contribution in [1.29, 1.82) is 0 Å². The first-order valence-electron chi connectivity index (χ1n) is 5.02. The zero-order chi connectivity index (χ0) is 12.0. The predicted molar refractivity (Wildman–Crippen MR) is 67.9 cm³/mol. The molecule has 1 aromatic rings. The highest BCUT2D eigenvalue weighted by molar-refractivity contribution is 9.10. The molecule has 2 N–H and O–H groups in total. The highest BCUT2D eigenvalue weighted by Gasteiger charge is 2.12. The molecular formula is C10H15BrN2O2S. The molecule has 0 fully saturated rings. The Morgan fingerprint density at radius 3 is 2.38 bits per heavy atom. The molecule has 1 aromatic carbocycles. The second-order valence-electron chi connectivity index (χ2n) is 3.21. The van der Waals surface area contributed by atoms with Crippen LogP contribution in [0.25, 0.3) is 0 Å². The Morgan fingerprint density at radius 1 is 1.19 bits per heavy atom. The van der Waals surface area contributed by atoms with Gasteiger partial charge >= 0.3 is 0 Å². The van der Waals surface area contributed by atoms with Gasteiger partial charge in [0, 0.05) is 17.6 Å². The molecule has 0 atom stereocenters. The van der Waals surface area contributed by atoms with Crippen molar-refractivity contribution in [3.05, 3.63) is 28.7 Å². The maximum absolute atomic E-state index is 11.8. The third-order valence-electron chi connectivity index (χ3n) is 1.97. The van der Waals surface area contributed by atoms with Gasteiger partial charge in [-0.25, -0.2) is 13.1 Å². The lowest BCUT2D eigenvalue weighted by molar-refractivity contribution is 0.577. The number of likely N-dealkylation sites (N-methyl/N-ethyl adjacent to an activating group) is 1. The van der Waals surface area contributed by atoms with Gasteiger partial charge in [0.15, 0.2) is 0 Å². The molecule has 0 bridgehead atoms. The van der Waals surface area contributed by atoms with E-state index in [1.54, 1.807) is 24.3 Å². The number of hydrogen-bond donors (Lipinski definition) is 2. The highest BCUT2D eigenvalue weighted by atomic mass is 79.9. The van der Waals surface area contributed by atoms with E-state index in [1.165, 1.54) is 0 Å². The maximum Gasteiger partial charge on any atom is 0.240 e. The van der Waals surface area contributed by atoms with E-state index in [0.717, 1.165) is 11.0 Å². The lowest BCUT2D eigenvalue weighted by Crippen LogP contribution is -2.31. The minimum atomic E-state index is -3.37. The third-order valence-corrected chi connectivity index (χ3v) is 3.97. The average Bonchev–Trinajstić information content (AvgIpc) is 2.25. The normalized spacial score (nSPS) is 11.6. The van der Waals surface area contributed by atoms with Crippen molar-refractivity contribution in [1.82, 2.24) is 10.0 Å². The number of nitrogens with one attached hydrogen (secondary N) is 2. The Hall–Kier alpha value is -0.430. The predicted octanol–water partition coefficient (Wildman–Crippen LogP) is 1.34. The molecule has 0 unspecified atom stereocenters. The lowest BCUT2D eigenvalue weighted by atomic mass is 10.4. The van der Waals surface area contributed by atoms with Gasteiger partial charge in [0.05, 0.1) is 4.90 Å². The second kappa shape index (κ2) is 6.34. The van der Waals surface area contributed by atoms with E-state index >= 15 is 0 Å². The first kappa shape index (κ1) is 13.6. The Bertz CT molecular complexity index is 417. The number of hydrogen-bond acceptors (Lipinski definition) is 3. The SMILES string of the molecule is CCNCCNS(=O)(=O)c1ccc(Br)cc1. The smallest absolute Gasteiger partial charge is 0.240 e. The molecule has 0 heterocycles. The summed E-state index contributed by atoms with van der Waals surface area (Å²) in [6.07, 6.45) is 0. The Morgan fingerprint density at radius 2 is 1.81 bits per heavy atom. The van der Waals surface area contributed by atoms with E-state index in [9.17, 15) is 8.42 Å². The second-order valence-corrected chi connectivity index (χ2v) is 5.89. The summed E-state index contributed by atoms with van der Waals surface area (Å²) in [5.41, 5.74) is 0. The van der Waals surface area contributed by atoms with Crippen LogP contribution >= 0.6 is 15.9 Å². The van der Waals surface area contributed by atoms with Crippen molar-refractivity contribution >= 4 is 26.0 Å². The number of sulfonamides is 1. The van der Waals surface area contributed by atoms with Gasteiger partial charge in [-0.05, 0) is 30.8 Å². The van der Waals surface area contributed by atoms with Crippen molar-refractivity contribution in [2.75, 3.05) is 19.6 Å². The van der Waals surface area contributed by atoms with Gasteiger partial charge in [-0.3, -0.25) is 0 Å². The molecule has 0 aliphatic rings. The van der Waals surface area contributed by atoms with Crippen molar-refractivity contribution in [3.8, 4) is 0 Å². The summed E-state index contributed by atoms with van der Waals surface area (Å²) in [5.74, 6) is 0. The fourth-order valence-corrected chi connectivity index (χ4v) is 2.44. The Kier molecular flexibility index (Phi) is 5.40. The van der Waals surface area contributed by atoms with Gasteiger partial charge in [-0.2, -0.15) is 0 Å². The van der Waals surface area contributed by atoms with Crippen molar-refractivity contribution in [2.24, 2.45) is 0 Å². The highest BCUT2D eigenvalue weighted by Crippen LogP contribution is 2.14. The summed E-state index contributed by atoms with van der Waals surface area (Å²) in [5, 5.41) is 3.05. The van der Waals surface area contributed by atoms with Crippen LogP contribution in [0, 0.1) is 0 Å². The quantitative estimate of drug-likeness (QED) is 0.780. The molecule has 0 radical (unpaired) electrons. The first-order chi connectivity index (χ1) is 7.56. The molecule has 0 saturated carbocycles. The Labute approximate surface area is 105 Å². The zero-order valence-electron chi connectivity index (χ0n) is 9.03. The van der Waals surface area contributed by atoms with E-state index in [0.29, 0.717) is 13.1 Å². The molecule has 4 nitrogen and oxygen atoms in total. The maximum atomic E-state index is 11.8. The molecule has 0 aliphatic heterocycles. The topological polar surface area (TPSA) is 58.2 Å². The minimum Gasteiger partial charge on any atom is -0.316 e. The standard InChI is InChI=1S/C10H15BrN2O2S/c1-2-12-7-8-13-16(14,15)10-5-3-9(11)4-6-10/h3-6,12-13H,2,7-8H2,1H3. The van der Waals surface area contributed by atoms with Gasteiger partial charge < -0.3 is 5.32 Å². The van der Waals surface area contributed by atoms with Crippen molar-refractivity contribution in [2.45, 2.75) is 11.8 Å². The molecule has 1 rings (SSSR count). The van der Waals surface area contributed by atoms with Crippen LogP contribution in [-0.4, -0.2) is 28.1 Å². The zero-order valence-corrected chi connectivity index (χ0v) is 11.4. The average molecular weight is 307 g/mol. The van der Waals surface area contributed by atoms with Crippen LogP contribution in [0.2, 0.25) is 0 Å². The fraction of sp³-hybridized carbons (Fsp3) is 0.400. The molecule has 6 heteroatoms. The summed E-state index contributed by atoms with van der Waals surface area (Å²) in [6.45, 7) is 3.84. The van der Waals surface area contributed by atoms with Crippen LogP contribution in [0.15, 0.2) is 33.6 Å². The van der Waals surface area contributed by atoms with Crippen LogP contribution in [0.1, 0.15) is 6.92 Å². The molecular weight excluding hydrogens is 292 g/mol. The van der Waals surface area contributed by atoms with E-state index in [4.69, 9.17) is 0 Å². The molecule has 0 aromatic heterocycles. The van der Waals surface area contributed by atoms with Gasteiger partial charge in [0.1, 0.15) is 0 Å². The van der Waals surface area contributed by atoms with Crippen molar-refractivity contribution < 1.29 is 8.42 Å². The van der Waals surface area contributed by atoms with Gasteiger partial charge in [0.25, 0.3) is 0 Å². The Balaban J connectivity index is 2.60. The lowest BCUT2D eigenvalue weighted by Gasteiger charge is -2.06. The monoisotopic (exact) mass is 306 g/mol. The van der Waals surface area contributed by atoms with Gasteiger partial charge in [-0.1, -0.05) is 22.9 Å². The fourth-order valence-electron chi connectivity index (χ4n) is 1.15. The molecule has 0 aliphatic carbocycles.